The maximum atomic E-state index is 13.1. The monoisotopic (exact) mass is 359 g/mol. The van der Waals surface area contributed by atoms with Crippen molar-refractivity contribution in [1.82, 2.24) is 0 Å². The summed E-state index contributed by atoms with van der Waals surface area (Å²) in [4.78, 5) is 35.0. The van der Waals surface area contributed by atoms with Gasteiger partial charge in [0, 0.05) is 5.69 Å². The van der Waals surface area contributed by atoms with Crippen molar-refractivity contribution in [2.45, 2.75) is 13.3 Å². The molecule has 0 aliphatic rings. The van der Waals surface area contributed by atoms with Crippen LogP contribution in [0.4, 0.5) is 10.1 Å². The summed E-state index contributed by atoms with van der Waals surface area (Å²) in [5.74, 6) is -2.05. The third-order valence-electron chi connectivity index (χ3n) is 3.28. The number of hydrogen-bond acceptors (Lipinski definition) is 5. The predicted octanol–water partition coefficient (Wildman–Crippen LogP) is 2.73. The molecule has 136 valence electrons. The summed E-state index contributed by atoms with van der Waals surface area (Å²) in [6.07, 6.45) is -0.126. The number of benzene rings is 2. The maximum absolute atomic E-state index is 13.1. The maximum Gasteiger partial charge on any atom is 0.338 e. The number of hydrogen-bond donors (Lipinski definition) is 1. The van der Waals surface area contributed by atoms with E-state index in [4.69, 9.17) is 9.47 Å². The molecule has 7 heteroatoms. The SMILES string of the molecule is CCOC(=O)c1ccc(NC(=O)COC(=O)Cc2cccc(F)c2)cc1. The number of esters is 2. The Balaban J connectivity index is 1.79. The van der Waals surface area contributed by atoms with Crippen molar-refractivity contribution in [2.75, 3.05) is 18.5 Å². The summed E-state index contributed by atoms with van der Waals surface area (Å²) >= 11 is 0. The number of halogens is 1. The minimum Gasteiger partial charge on any atom is -0.462 e. The zero-order chi connectivity index (χ0) is 18.9. The fourth-order valence-corrected chi connectivity index (χ4v) is 2.11. The van der Waals surface area contributed by atoms with E-state index in [0.717, 1.165) is 0 Å². The largest absolute Gasteiger partial charge is 0.462 e. The molecule has 26 heavy (non-hydrogen) atoms. The van der Waals surface area contributed by atoms with Gasteiger partial charge >= 0.3 is 11.9 Å². The van der Waals surface area contributed by atoms with Crippen molar-refractivity contribution in [3.8, 4) is 0 Å². The first-order valence-electron chi connectivity index (χ1n) is 7.95. The smallest absolute Gasteiger partial charge is 0.338 e. The van der Waals surface area contributed by atoms with Crippen molar-refractivity contribution in [3.63, 3.8) is 0 Å². The first kappa shape index (κ1) is 19.1. The lowest BCUT2D eigenvalue weighted by atomic mass is 10.1. The van der Waals surface area contributed by atoms with E-state index >= 15 is 0 Å². The number of carbonyl (C=O) groups excluding carboxylic acids is 3. The van der Waals surface area contributed by atoms with E-state index in [1.54, 1.807) is 25.1 Å². The number of carbonyl (C=O) groups is 3. The van der Waals surface area contributed by atoms with Gasteiger partial charge in [-0.3, -0.25) is 9.59 Å². The van der Waals surface area contributed by atoms with Gasteiger partial charge in [-0.2, -0.15) is 0 Å². The fourth-order valence-electron chi connectivity index (χ4n) is 2.11. The van der Waals surface area contributed by atoms with Gasteiger partial charge in [-0.25, -0.2) is 9.18 Å². The summed E-state index contributed by atoms with van der Waals surface area (Å²) in [5, 5.41) is 2.54. The van der Waals surface area contributed by atoms with Crippen LogP contribution in [0.5, 0.6) is 0 Å². The van der Waals surface area contributed by atoms with Crippen LogP contribution < -0.4 is 5.32 Å². The van der Waals surface area contributed by atoms with Gasteiger partial charge in [0.15, 0.2) is 6.61 Å². The highest BCUT2D eigenvalue weighted by molar-refractivity contribution is 5.94. The Kier molecular flexibility index (Phi) is 6.84. The first-order chi connectivity index (χ1) is 12.5. The van der Waals surface area contributed by atoms with Gasteiger partial charge < -0.3 is 14.8 Å². The van der Waals surface area contributed by atoms with Crippen LogP contribution in [0.2, 0.25) is 0 Å². The van der Waals surface area contributed by atoms with Gasteiger partial charge in [0.05, 0.1) is 18.6 Å². The molecule has 0 aliphatic carbocycles. The van der Waals surface area contributed by atoms with E-state index in [1.807, 2.05) is 0 Å². The van der Waals surface area contributed by atoms with Crippen LogP contribution in [0.3, 0.4) is 0 Å². The summed E-state index contributed by atoms with van der Waals surface area (Å²) < 4.78 is 22.8. The third kappa shape index (κ3) is 6.01. The highest BCUT2D eigenvalue weighted by atomic mass is 19.1. The molecule has 1 amide bonds. The van der Waals surface area contributed by atoms with Gasteiger partial charge in [-0.05, 0) is 48.9 Å². The van der Waals surface area contributed by atoms with Crippen LogP contribution in [-0.4, -0.2) is 31.1 Å². The molecule has 0 atom stereocenters. The summed E-state index contributed by atoms with van der Waals surface area (Å²) in [7, 11) is 0. The first-order valence-corrected chi connectivity index (χ1v) is 7.95. The molecular formula is C19H18FNO5. The molecular weight excluding hydrogens is 341 g/mol. The molecule has 0 radical (unpaired) electrons. The number of ether oxygens (including phenoxy) is 2. The van der Waals surface area contributed by atoms with Crippen LogP contribution in [0.15, 0.2) is 48.5 Å². The Morgan fingerprint density at radius 2 is 1.77 bits per heavy atom. The number of amides is 1. The van der Waals surface area contributed by atoms with Crippen LogP contribution >= 0.6 is 0 Å². The highest BCUT2D eigenvalue weighted by Crippen LogP contribution is 2.11. The van der Waals surface area contributed by atoms with E-state index in [0.29, 0.717) is 16.8 Å². The van der Waals surface area contributed by atoms with Crippen molar-refractivity contribution in [3.05, 3.63) is 65.5 Å². The summed E-state index contributed by atoms with van der Waals surface area (Å²) in [6, 6.07) is 11.7. The fraction of sp³-hybridized carbons (Fsp3) is 0.211. The molecule has 6 nitrogen and oxygen atoms in total. The van der Waals surface area contributed by atoms with Gasteiger partial charge in [0.2, 0.25) is 0 Å². The quantitative estimate of drug-likeness (QED) is 0.769. The zero-order valence-corrected chi connectivity index (χ0v) is 14.2. The Morgan fingerprint density at radius 3 is 2.42 bits per heavy atom. The molecule has 0 spiro atoms. The van der Waals surface area contributed by atoms with Gasteiger partial charge in [-0.1, -0.05) is 12.1 Å². The second kappa shape index (κ2) is 9.31. The molecule has 0 saturated carbocycles. The highest BCUT2D eigenvalue weighted by Gasteiger charge is 2.10. The average Bonchev–Trinajstić information content (AvgIpc) is 2.61. The lowest BCUT2D eigenvalue weighted by molar-refractivity contribution is -0.146. The molecule has 0 heterocycles. The molecule has 0 bridgehead atoms. The number of anilines is 1. The van der Waals surface area contributed by atoms with Crippen LogP contribution in [0.25, 0.3) is 0 Å². The molecule has 2 rings (SSSR count). The predicted molar refractivity (Wildman–Crippen MR) is 92.1 cm³/mol. The molecule has 0 saturated heterocycles. The number of nitrogens with one attached hydrogen (secondary N) is 1. The molecule has 0 fully saturated rings. The Labute approximate surface area is 149 Å². The standard InChI is InChI=1S/C19H18FNO5/c1-2-25-19(24)14-6-8-16(9-7-14)21-17(22)12-26-18(23)11-13-4-3-5-15(20)10-13/h3-10H,2,11-12H2,1H3,(H,21,22). The normalized spacial score (nSPS) is 10.1. The second-order valence-corrected chi connectivity index (χ2v) is 5.31. The molecule has 2 aromatic carbocycles. The van der Waals surface area contributed by atoms with Crippen LogP contribution in [0, 0.1) is 5.82 Å². The summed E-state index contributed by atoms with van der Waals surface area (Å²) in [6.45, 7) is 1.52. The molecule has 0 aliphatic heterocycles. The molecule has 1 N–H and O–H groups in total. The Bertz CT molecular complexity index is 789. The lowest BCUT2D eigenvalue weighted by Crippen LogP contribution is -2.21. The lowest BCUT2D eigenvalue weighted by Gasteiger charge is -2.08. The van der Waals surface area contributed by atoms with Gasteiger partial charge in [-0.15, -0.1) is 0 Å². The molecule has 2 aromatic rings. The zero-order valence-electron chi connectivity index (χ0n) is 14.2. The second-order valence-electron chi connectivity index (χ2n) is 5.31. The van der Waals surface area contributed by atoms with E-state index in [1.165, 1.54) is 30.3 Å². The average molecular weight is 359 g/mol. The van der Waals surface area contributed by atoms with Gasteiger partial charge in [0.25, 0.3) is 5.91 Å². The molecule has 0 unspecified atom stereocenters. The minimum absolute atomic E-state index is 0.126. The summed E-state index contributed by atoms with van der Waals surface area (Å²) in [5.41, 5.74) is 1.28. The van der Waals surface area contributed by atoms with E-state index in [9.17, 15) is 18.8 Å². The van der Waals surface area contributed by atoms with E-state index in [-0.39, 0.29) is 13.0 Å². The number of rotatable bonds is 7. The van der Waals surface area contributed by atoms with Crippen LogP contribution in [-0.2, 0) is 25.5 Å². The molecule has 0 aromatic heterocycles. The van der Waals surface area contributed by atoms with Crippen molar-refractivity contribution in [2.24, 2.45) is 0 Å². The third-order valence-corrected chi connectivity index (χ3v) is 3.28. The van der Waals surface area contributed by atoms with Crippen molar-refractivity contribution < 1.29 is 28.2 Å². The topological polar surface area (TPSA) is 81.7 Å². The van der Waals surface area contributed by atoms with Gasteiger partial charge in [0.1, 0.15) is 5.82 Å². The van der Waals surface area contributed by atoms with E-state index < -0.39 is 30.3 Å². The van der Waals surface area contributed by atoms with Crippen molar-refractivity contribution in [1.29, 1.82) is 0 Å². The minimum atomic E-state index is -0.636. The van der Waals surface area contributed by atoms with Crippen molar-refractivity contribution >= 4 is 23.5 Å². The Morgan fingerprint density at radius 1 is 1.04 bits per heavy atom. The Hall–Kier alpha value is -3.22. The van der Waals surface area contributed by atoms with E-state index in [2.05, 4.69) is 5.32 Å². The van der Waals surface area contributed by atoms with Crippen LogP contribution in [0.1, 0.15) is 22.8 Å².